The van der Waals surface area contributed by atoms with E-state index in [1.165, 1.54) is 18.2 Å². The van der Waals surface area contributed by atoms with Crippen molar-refractivity contribution in [2.45, 2.75) is 44.1 Å². The number of sulfonamides is 1. The van der Waals surface area contributed by atoms with E-state index in [0.717, 1.165) is 19.4 Å². The molecule has 0 aliphatic carbocycles. The van der Waals surface area contributed by atoms with Gasteiger partial charge in [0.1, 0.15) is 0 Å². The normalized spacial score (nSPS) is 17.8. The molecular weight excluding hydrogens is 344 g/mol. The third-order valence-electron chi connectivity index (χ3n) is 4.09. The van der Waals surface area contributed by atoms with Crippen molar-refractivity contribution in [3.8, 4) is 0 Å². The molecule has 1 fully saturated rings. The average Bonchev–Trinajstić information content (AvgIpc) is 3.05. The van der Waals surface area contributed by atoms with Gasteiger partial charge >= 0.3 is 5.97 Å². The van der Waals surface area contributed by atoms with Gasteiger partial charge in [0.15, 0.2) is 0 Å². The van der Waals surface area contributed by atoms with Crippen LogP contribution in [0.4, 0.5) is 5.69 Å². The van der Waals surface area contributed by atoms with Crippen molar-refractivity contribution in [2.75, 3.05) is 25.0 Å². The van der Waals surface area contributed by atoms with Crippen molar-refractivity contribution in [1.82, 2.24) is 4.72 Å². The summed E-state index contributed by atoms with van der Waals surface area (Å²) < 4.78 is 32.7. The molecule has 3 N–H and O–H groups in total. The van der Waals surface area contributed by atoms with Gasteiger partial charge in [-0.3, -0.25) is 0 Å². The molecule has 1 saturated heterocycles. The van der Waals surface area contributed by atoms with Crippen molar-refractivity contribution in [2.24, 2.45) is 5.92 Å². The highest BCUT2D eigenvalue weighted by molar-refractivity contribution is 7.89. The number of carboxylic acids is 1. The molecule has 0 saturated carbocycles. The first-order chi connectivity index (χ1) is 11.8. The topological polar surface area (TPSA) is 105 Å². The Labute approximate surface area is 148 Å². The zero-order chi connectivity index (χ0) is 18.4. The van der Waals surface area contributed by atoms with Crippen LogP contribution in [0, 0.1) is 5.92 Å². The number of anilines is 1. The Morgan fingerprint density at radius 3 is 2.76 bits per heavy atom. The van der Waals surface area contributed by atoms with Crippen molar-refractivity contribution < 1.29 is 23.1 Å². The number of carbonyl (C=O) groups is 1. The Morgan fingerprint density at radius 1 is 1.40 bits per heavy atom. The van der Waals surface area contributed by atoms with Gasteiger partial charge in [-0.2, -0.15) is 0 Å². The highest BCUT2D eigenvalue weighted by atomic mass is 32.2. The maximum Gasteiger partial charge on any atom is 0.337 e. The van der Waals surface area contributed by atoms with Gasteiger partial charge in [-0.25, -0.2) is 17.9 Å². The van der Waals surface area contributed by atoms with Gasteiger partial charge < -0.3 is 15.2 Å². The molecule has 1 atom stereocenters. The molecule has 0 amide bonds. The van der Waals surface area contributed by atoms with Gasteiger partial charge in [0.05, 0.1) is 16.6 Å². The summed E-state index contributed by atoms with van der Waals surface area (Å²) in [4.78, 5) is 11.5. The molecule has 0 unspecified atom stereocenters. The van der Waals surface area contributed by atoms with E-state index in [1.54, 1.807) is 0 Å². The fourth-order valence-electron chi connectivity index (χ4n) is 2.62. The number of ether oxygens (including phenoxy) is 1. The fraction of sp³-hybridized carbons (Fsp3) is 0.588. The van der Waals surface area contributed by atoms with Crippen molar-refractivity contribution >= 4 is 21.7 Å². The second-order valence-electron chi connectivity index (χ2n) is 6.61. The number of rotatable bonds is 9. The van der Waals surface area contributed by atoms with Crippen LogP contribution < -0.4 is 10.0 Å². The summed E-state index contributed by atoms with van der Waals surface area (Å²) in [6.07, 6.45) is 2.70. The second-order valence-corrected chi connectivity index (χ2v) is 8.38. The Morgan fingerprint density at radius 2 is 2.16 bits per heavy atom. The summed E-state index contributed by atoms with van der Waals surface area (Å²) in [5, 5.41) is 12.5. The number of carboxylic acid groups (broad SMARTS) is 1. The molecule has 7 nitrogen and oxygen atoms in total. The van der Waals surface area contributed by atoms with Crippen molar-refractivity contribution in [3.05, 3.63) is 23.8 Å². The summed E-state index contributed by atoms with van der Waals surface area (Å²) in [6.45, 7) is 5.55. The minimum atomic E-state index is -3.73. The minimum absolute atomic E-state index is 0.0451. The first kappa shape index (κ1) is 19.7. The van der Waals surface area contributed by atoms with E-state index in [1.807, 2.05) is 13.8 Å². The zero-order valence-electron chi connectivity index (χ0n) is 14.6. The van der Waals surface area contributed by atoms with E-state index in [0.29, 0.717) is 31.1 Å². The fourth-order valence-corrected chi connectivity index (χ4v) is 3.69. The van der Waals surface area contributed by atoms with Gasteiger partial charge in [-0.1, -0.05) is 13.8 Å². The molecule has 1 aromatic carbocycles. The number of hydrogen-bond acceptors (Lipinski definition) is 5. The van der Waals surface area contributed by atoms with E-state index in [-0.39, 0.29) is 16.6 Å². The lowest BCUT2D eigenvalue weighted by Crippen LogP contribution is -2.26. The Balaban J connectivity index is 2.12. The molecular formula is C17H26N2O5S. The largest absolute Gasteiger partial charge is 0.478 e. The Kier molecular flexibility index (Phi) is 6.80. The predicted octanol–water partition coefficient (Wildman–Crippen LogP) is 2.30. The summed E-state index contributed by atoms with van der Waals surface area (Å²) in [5.74, 6) is -0.796. The third kappa shape index (κ3) is 5.69. The molecule has 8 heteroatoms. The van der Waals surface area contributed by atoms with Crippen molar-refractivity contribution in [1.29, 1.82) is 0 Å². The molecule has 1 aromatic rings. The average molecular weight is 370 g/mol. The summed E-state index contributed by atoms with van der Waals surface area (Å²) >= 11 is 0. The van der Waals surface area contributed by atoms with Crippen molar-refractivity contribution in [3.63, 3.8) is 0 Å². The summed E-state index contributed by atoms with van der Waals surface area (Å²) in [5.41, 5.74) is 0.328. The third-order valence-corrected chi connectivity index (χ3v) is 5.55. The maximum absolute atomic E-state index is 12.3. The van der Waals surface area contributed by atoms with Gasteiger partial charge in [0, 0.05) is 25.4 Å². The predicted molar refractivity (Wildman–Crippen MR) is 95.5 cm³/mol. The monoisotopic (exact) mass is 370 g/mol. The molecule has 1 aliphatic heterocycles. The molecule has 0 bridgehead atoms. The summed E-state index contributed by atoms with van der Waals surface area (Å²) in [6, 6.07) is 4.11. The van der Waals surface area contributed by atoms with Crippen LogP contribution in [0.1, 0.15) is 43.5 Å². The number of benzene rings is 1. The minimum Gasteiger partial charge on any atom is -0.478 e. The standard InChI is InChI=1S/C17H26N2O5S/c1-12(2)7-8-19-25(22,23)14-5-6-16(15(10-14)17(20)21)18-11-13-4-3-9-24-13/h5-6,10,12-13,18-19H,3-4,7-9,11H2,1-2H3,(H,20,21)/t13-/m0/s1. The van der Waals surface area contributed by atoms with E-state index in [4.69, 9.17) is 4.74 Å². The van der Waals surface area contributed by atoms with Gasteiger partial charge in [-0.15, -0.1) is 0 Å². The molecule has 1 aliphatic rings. The van der Waals surface area contributed by atoms with Crippen LogP contribution in [0.2, 0.25) is 0 Å². The first-order valence-electron chi connectivity index (χ1n) is 8.52. The lowest BCUT2D eigenvalue weighted by atomic mass is 10.1. The first-order valence-corrected chi connectivity index (χ1v) is 10.0. The SMILES string of the molecule is CC(C)CCNS(=O)(=O)c1ccc(NC[C@@H]2CCCO2)c(C(=O)O)c1. The highest BCUT2D eigenvalue weighted by Gasteiger charge is 2.20. The van der Waals surface area contributed by atoms with Crippen LogP contribution in [-0.2, 0) is 14.8 Å². The molecule has 140 valence electrons. The smallest absolute Gasteiger partial charge is 0.337 e. The number of aromatic carboxylic acids is 1. The van der Waals surface area contributed by atoms with Gasteiger partial charge in [0.25, 0.3) is 0 Å². The van der Waals surface area contributed by atoms with Crippen LogP contribution in [0.15, 0.2) is 23.1 Å². The molecule has 25 heavy (non-hydrogen) atoms. The highest BCUT2D eigenvalue weighted by Crippen LogP contribution is 2.22. The Bertz CT molecular complexity index is 697. The maximum atomic E-state index is 12.3. The van der Waals surface area contributed by atoms with Crippen LogP contribution in [0.3, 0.4) is 0 Å². The molecule has 0 radical (unpaired) electrons. The zero-order valence-corrected chi connectivity index (χ0v) is 15.4. The quantitative estimate of drug-likeness (QED) is 0.616. The lowest BCUT2D eigenvalue weighted by molar-refractivity contribution is 0.0697. The van der Waals surface area contributed by atoms with Gasteiger partial charge in [0.2, 0.25) is 10.0 Å². The number of nitrogens with one attached hydrogen (secondary N) is 2. The van der Waals surface area contributed by atoms with Crippen LogP contribution >= 0.6 is 0 Å². The Hall–Kier alpha value is -1.64. The molecule has 0 aromatic heterocycles. The number of hydrogen-bond donors (Lipinski definition) is 3. The van der Waals surface area contributed by atoms with Crippen LogP contribution in [0.5, 0.6) is 0 Å². The molecule has 2 rings (SSSR count). The van der Waals surface area contributed by atoms with Crippen LogP contribution in [-0.4, -0.2) is 45.3 Å². The van der Waals surface area contributed by atoms with Crippen LogP contribution in [0.25, 0.3) is 0 Å². The molecule has 0 spiro atoms. The van der Waals surface area contributed by atoms with E-state index >= 15 is 0 Å². The van der Waals surface area contributed by atoms with E-state index in [9.17, 15) is 18.3 Å². The second kappa shape index (κ2) is 8.64. The lowest BCUT2D eigenvalue weighted by Gasteiger charge is -2.15. The summed E-state index contributed by atoms with van der Waals surface area (Å²) in [7, 11) is -3.73. The molecule has 1 heterocycles. The van der Waals surface area contributed by atoms with E-state index in [2.05, 4.69) is 10.0 Å². The van der Waals surface area contributed by atoms with Gasteiger partial charge in [-0.05, 0) is 43.4 Å². The van der Waals surface area contributed by atoms with E-state index < -0.39 is 16.0 Å².